The third-order valence-electron chi connectivity index (χ3n) is 4.06. The van der Waals surface area contributed by atoms with Gasteiger partial charge in [0.15, 0.2) is 16.7 Å². The molecule has 23 heavy (non-hydrogen) atoms. The molecule has 2 unspecified atom stereocenters. The minimum atomic E-state index is -0.883. The molecule has 1 aliphatic rings. The highest BCUT2D eigenvalue weighted by atomic mass is 32.1. The van der Waals surface area contributed by atoms with Crippen molar-refractivity contribution in [3.63, 3.8) is 0 Å². The van der Waals surface area contributed by atoms with Gasteiger partial charge in [-0.05, 0) is 55.6 Å². The lowest BCUT2D eigenvalue weighted by Crippen LogP contribution is -2.40. The molecule has 0 spiro atoms. The highest BCUT2D eigenvalue weighted by molar-refractivity contribution is 7.80. The fraction of sp³-hybridized carbons (Fsp3) is 0.588. The number of piperidine rings is 1. The smallest absolute Gasteiger partial charge is 0.170 e. The summed E-state index contributed by atoms with van der Waals surface area (Å²) in [6.07, 6.45) is 2.32. The van der Waals surface area contributed by atoms with Crippen LogP contribution in [0.1, 0.15) is 26.7 Å². The van der Waals surface area contributed by atoms with Crippen LogP contribution in [-0.2, 0) is 0 Å². The standard InChI is InChI=1S/C17H25F2N3S/c1-12-8-13(2)11-22(10-12)7-3-6-20-17(23)21-14-4-5-15(18)16(19)9-14/h4-5,9,12-13H,3,6-8,10-11H2,1-2H3,(H2,20,21,23). The number of thiocarbonyl (C=S) groups is 1. The third kappa shape index (κ3) is 6.03. The summed E-state index contributed by atoms with van der Waals surface area (Å²) >= 11 is 5.17. The molecule has 0 aliphatic carbocycles. The maximum Gasteiger partial charge on any atom is 0.170 e. The number of anilines is 1. The summed E-state index contributed by atoms with van der Waals surface area (Å²) in [4.78, 5) is 2.51. The van der Waals surface area contributed by atoms with Gasteiger partial charge in [-0.3, -0.25) is 0 Å². The average molecular weight is 341 g/mol. The van der Waals surface area contributed by atoms with Gasteiger partial charge in [-0.2, -0.15) is 0 Å². The van der Waals surface area contributed by atoms with Crippen molar-refractivity contribution in [1.82, 2.24) is 10.2 Å². The number of nitrogens with one attached hydrogen (secondary N) is 2. The molecule has 1 aromatic carbocycles. The summed E-state index contributed by atoms with van der Waals surface area (Å²) in [5, 5.41) is 6.39. The van der Waals surface area contributed by atoms with Gasteiger partial charge in [-0.15, -0.1) is 0 Å². The van der Waals surface area contributed by atoms with Gasteiger partial charge in [0.25, 0.3) is 0 Å². The third-order valence-corrected chi connectivity index (χ3v) is 4.31. The van der Waals surface area contributed by atoms with Crippen molar-refractivity contribution in [2.75, 3.05) is 31.5 Å². The van der Waals surface area contributed by atoms with Crippen molar-refractivity contribution in [3.8, 4) is 0 Å². The normalized spacial score (nSPS) is 21.9. The van der Waals surface area contributed by atoms with Crippen molar-refractivity contribution in [2.24, 2.45) is 11.8 Å². The van der Waals surface area contributed by atoms with Crippen LogP contribution in [0.4, 0.5) is 14.5 Å². The lowest BCUT2D eigenvalue weighted by atomic mass is 9.92. The van der Waals surface area contributed by atoms with E-state index in [1.165, 1.54) is 25.6 Å². The summed E-state index contributed by atoms with van der Waals surface area (Å²) in [6, 6.07) is 3.64. The van der Waals surface area contributed by atoms with E-state index in [9.17, 15) is 8.78 Å². The van der Waals surface area contributed by atoms with Gasteiger partial charge in [-0.25, -0.2) is 8.78 Å². The summed E-state index contributed by atoms with van der Waals surface area (Å²) in [5.41, 5.74) is 0.445. The fourth-order valence-electron chi connectivity index (χ4n) is 3.23. The molecule has 1 heterocycles. The van der Waals surface area contributed by atoms with E-state index in [0.29, 0.717) is 10.8 Å². The van der Waals surface area contributed by atoms with Crippen molar-refractivity contribution >= 4 is 23.0 Å². The second-order valence-electron chi connectivity index (χ2n) is 6.57. The van der Waals surface area contributed by atoms with Crippen LogP contribution >= 0.6 is 12.2 Å². The van der Waals surface area contributed by atoms with Crippen molar-refractivity contribution in [3.05, 3.63) is 29.8 Å². The topological polar surface area (TPSA) is 27.3 Å². The Morgan fingerprint density at radius 1 is 1.22 bits per heavy atom. The van der Waals surface area contributed by atoms with E-state index in [1.54, 1.807) is 0 Å². The molecule has 1 saturated heterocycles. The van der Waals surface area contributed by atoms with Crippen LogP contribution in [0.3, 0.4) is 0 Å². The van der Waals surface area contributed by atoms with E-state index in [1.807, 2.05) is 0 Å². The largest absolute Gasteiger partial charge is 0.362 e. The first-order chi connectivity index (χ1) is 10.9. The number of nitrogens with zero attached hydrogens (tertiary/aromatic N) is 1. The maximum atomic E-state index is 13.1. The van der Waals surface area contributed by atoms with E-state index >= 15 is 0 Å². The van der Waals surface area contributed by atoms with E-state index in [2.05, 4.69) is 29.4 Å². The van der Waals surface area contributed by atoms with Crippen LogP contribution in [0.25, 0.3) is 0 Å². The first kappa shape index (κ1) is 18.1. The van der Waals surface area contributed by atoms with Crippen molar-refractivity contribution < 1.29 is 8.78 Å². The second-order valence-corrected chi connectivity index (χ2v) is 6.98. The number of halogens is 2. The monoisotopic (exact) mass is 341 g/mol. The molecule has 1 fully saturated rings. The van der Waals surface area contributed by atoms with E-state index in [-0.39, 0.29) is 0 Å². The van der Waals surface area contributed by atoms with E-state index < -0.39 is 11.6 Å². The van der Waals surface area contributed by atoms with E-state index in [4.69, 9.17) is 12.2 Å². The van der Waals surface area contributed by atoms with E-state index in [0.717, 1.165) is 43.5 Å². The molecule has 0 amide bonds. The molecule has 2 atom stereocenters. The Morgan fingerprint density at radius 3 is 2.57 bits per heavy atom. The number of benzene rings is 1. The Hall–Kier alpha value is -1.27. The minimum Gasteiger partial charge on any atom is -0.362 e. The minimum absolute atomic E-state index is 0.427. The Kier molecular flexibility index (Phi) is 6.72. The second kappa shape index (κ2) is 8.55. The van der Waals surface area contributed by atoms with Crippen molar-refractivity contribution in [1.29, 1.82) is 0 Å². The van der Waals surface area contributed by atoms with Gasteiger partial charge in [0.1, 0.15) is 0 Å². The number of likely N-dealkylation sites (tertiary alicyclic amines) is 1. The fourth-order valence-corrected chi connectivity index (χ4v) is 3.45. The molecule has 1 aromatic rings. The summed E-state index contributed by atoms with van der Waals surface area (Å²) < 4.78 is 26.0. The number of hydrogen-bond donors (Lipinski definition) is 2. The zero-order chi connectivity index (χ0) is 16.8. The van der Waals surface area contributed by atoms with Crippen LogP contribution in [0, 0.1) is 23.5 Å². The average Bonchev–Trinajstić information content (AvgIpc) is 2.46. The molecule has 2 N–H and O–H groups in total. The lowest BCUT2D eigenvalue weighted by Gasteiger charge is -2.34. The molecule has 0 radical (unpaired) electrons. The molecule has 0 aromatic heterocycles. The summed E-state index contributed by atoms with van der Waals surface area (Å²) in [6.45, 7) is 8.76. The van der Waals surface area contributed by atoms with Crippen LogP contribution in [0.2, 0.25) is 0 Å². The Bertz CT molecular complexity index is 529. The highest BCUT2D eigenvalue weighted by Gasteiger charge is 2.20. The summed E-state index contributed by atoms with van der Waals surface area (Å²) in [5.74, 6) is -0.212. The summed E-state index contributed by atoms with van der Waals surface area (Å²) in [7, 11) is 0. The molecule has 0 saturated carbocycles. The quantitative estimate of drug-likeness (QED) is 0.632. The van der Waals surface area contributed by atoms with Gasteiger partial charge in [-0.1, -0.05) is 13.8 Å². The molecular formula is C17H25F2N3S. The Morgan fingerprint density at radius 2 is 1.91 bits per heavy atom. The van der Waals surface area contributed by atoms with Crippen LogP contribution in [-0.4, -0.2) is 36.2 Å². The van der Waals surface area contributed by atoms with Gasteiger partial charge in [0.05, 0.1) is 0 Å². The molecule has 0 bridgehead atoms. The number of hydrogen-bond acceptors (Lipinski definition) is 2. The maximum absolute atomic E-state index is 13.1. The first-order valence-electron chi connectivity index (χ1n) is 8.16. The zero-order valence-electron chi connectivity index (χ0n) is 13.7. The number of rotatable bonds is 5. The van der Waals surface area contributed by atoms with Crippen LogP contribution in [0.5, 0.6) is 0 Å². The Balaban J connectivity index is 1.65. The van der Waals surface area contributed by atoms with Gasteiger partial charge >= 0.3 is 0 Å². The predicted octanol–water partition coefficient (Wildman–Crippen LogP) is 3.62. The van der Waals surface area contributed by atoms with Gasteiger partial charge in [0.2, 0.25) is 0 Å². The molecule has 2 rings (SSSR count). The van der Waals surface area contributed by atoms with Crippen molar-refractivity contribution in [2.45, 2.75) is 26.7 Å². The molecule has 128 valence electrons. The Labute approximate surface area is 142 Å². The SMILES string of the molecule is CC1CC(C)CN(CCCNC(=S)Nc2ccc(F)c(F)c2)C1. The zero-order valence-corrected chi connectivity index (χ0v) is 14.6. The molecular weight excluding hydrogens is 316 g/mol. The highest BCUT2D eigenvalue weighted by Crippen LogP contribution is 2.20. The molecule has 1 aliphatic heterocycles. The molecule has 6 heteroatoms. The molecule has 3 nitrogen and oxygen atoms in total. The predicted molar refractivity (Wildman–Crippen MR) is 94.6 cm³/mol. The van der Waals surface area contributed by atoms with Crippen LogP contribution < -0.4 is 10.6 Å². The van der Waals surface area contributed by atoms with Gasteiger partial charge < -0.3 is 15.5 Å². The van der Waals surface area contributed by atoms with Crippen LogP contribution in [0.15, 0.2) is 18.2 Å². The first-order valence-corrected chi connectivity index (χ1v) is 8.57. The van der Waals surface area contributed by atoms with Gasteiger partial charge in [0, 0.05) is 31.4 Å². The lowest BCUT2D eigenvalue weighted by molar-refractivity contribution is 0.140.